The monoisotopic (exact) mass is 369 g/mol. The molecular formula is C21H23NO5. The highest BCUT2D eigenvalue weighted by atomic mass is 16.5. The highest BCUT2D eigenvalue weighted by molar-refractivity contribution is 5.83. The van der Waals surface area contributed by atoms with E-state index in [-0.39, 0.29) is 18.9 Å². The molecule has 2 aromatic rings. The van der Waals surface area contributed by atoms with Crippen LogP contribution in [0.25, 0.3) is 0 Å². The zero-order valence-electron chi connectivity index (χ0n) is 14.9. The minimum Gasteiger partial charge on any atom is -0.445 e. The fourth-order valence-corrected chi connectivity index (χ4v) is 3.11. The number of ether oxygens (including phenoxy) is 1. The first-order valence-corrected chi connectivity index (χ1v) is 8.97. The lowest BCUT2D eigenvalue weighted by Gasteiger charge is -2.21. The summed E-state index contributed by atoms with van der Waals surface area (Å²) in [5, 5.41) is 23.0. The van der Waals surface area contributed by atoms with Crippen LogP contribution < -0.4 is 5.32 Å². The summed E-state index contributed by atoms with van der Waals surface area (Å²) in [6.45, 7) is -0.000769. The van der Waals surface area contributed by atoms with Crippen molar-refractivity contribution in [3.63, 3.8) is 0 Å². The number of benzene rings is 2. The van der Waals surface area contributed by atoms with E-state index in [4.69, 9.17) is 4.74 Å². The van der Waals surface area contributed by atoms with Crippen molar-refractivity contribution in [1.29, 1.82) is 0 Å². The molecular weight excluding hydrogens is 346 g/mol. The Bertz CT molecular complexity index is 805. The number of carbonyl (C=O) groups excluding carboxylic acids is 2. The van der Waals surface area contributed by atoms with Crippen molar-refractivity contribution in [2.75, 3.05) is 6.54 Å². The lowest BCUT2D eigenvalue weighted by atomic mass is 9.88. The minimum atomic E-state index is -1.17. The number of amides is 1. The van der Waals surface area contributed by atoms with Gasteiger partial charge in [-0.25, -0.2) is 4.79 Å². The SMILES string of the molecule is O=C1CCc2cc(C(O)C(O)CNC(=O)OCc3ccccc3)ccc2C1. The summed E-state index contributed by atoms with van der Waals surface area (Å²) in [7, 11) is 0. The van der Waals surface area contributed by atoms with Gasteiger partial charge in [-0.05, 0) is 28.7 Å². The van der Waals surface area contributed by atoms with Gasteiger partial charge in [-0.15, -0.1) is 0 Å². The van der Waals surface area contributed by atoms with Crippen LogP contribution in [0.15, 0.2) is 48.5 Å². The predicted octanol–water partition coefficient (Wildman–Crippen LogP) is 2.07. The molecule has 1 amide bonds. The van der Waals surface area contributed by atoms with E-state index in [1.165, 1.54) is 0 Å². The van der Waals surface area contributed by atoms with Crippen molar-refractivity contribution in [2.24, 2.45) is 0 Å². The van der Waals surface area contributed by atoms with Gasteiger partial charge in [0.1, 0.15) is 24.6 Å². The Hall–Kier alpha value is -2.70. The van der Waals surface area contributed by atoms with Gasteiger partial charge in [0.15, 0.2) is 0 Å². The van der Waals surface area contributed by atoms with Gasteiger partial charge < -0.3 is 20.3 Å². The van der Waals surface area contributed by atoms with Crippen molar-refractivity contribution >= 4 is 11.9 Å². The first-order valence-electron chi connectivity index (χ1n) is 8.97. The van der Waals surface area contributed by atoms with Crippen molar-refractivity contribution in [3.05, 3.63) is 70.8 Å². The maximum atomic E-state index is 11.7. The number of fused-ring (bicyclic) bond motifs is 1. The molecule has 2 unspecified atom stereocenters. The standard InChI is InChI=1S/C21H23NO5/c23-18-9-8-15-10-17(7-6-16(15)11-18)20(25)19(24)12-22-21(26)27-13-14-4-2-1-3-5-14/h1-7,10,19-20,24-25H,8-9,11-13H2,(H,22,26). The second kappa shape index (κ2) is 8.79. The van der Waals surface area contributed by atoms with E-state index in [1.54, 1.807) is 6.07 Å². The molecule has 0 spiro atoms. The molecule has 142 valence electrons. The van der Waals surface area contributed by atoms with Crippen LogP contribution in [0.3, 0.4) is 0 Å². The van der Waals surface area contributed by atoms with E-state index < -0.39 is 18.3 Å². The number of aliphatic hydroxyl groups excluding tert-OH is 2. The predicted molar refractivity (Wildman–Crippen MR) is 99.1 cm³/mol. The maximum absolute atomic E-state index is 11.7. The molecule has 0 aliphatic heterocycles. The van der Waals surface area contributed by atoms with Crippen molar-refractivity contribution in [2.45, 2.75) is 38.1 Å². The van der Waals surface area contributed by atoms with Crippen LogP contribution in [0.5, 0.6) is 0 Å². The van der Waals surface area contributed by atoms with Crippen LogP contribution in [0.2, 0.25) is 0 Å². The largest absolute Gasteiger partial charge is 0.445 e. The summed E-state index contributed by atoms with van der Waals surface area (Å²) in [6.07, 6.45) is -1.39. The normalized spacial score (nSPS) is 15.6. The number of aryl methyl sites for hydroxylation is 1. The summed E-state index contributed by atoms with van der Waals surface area (Å²) >= 11 is 0. The van der Waals surface area contributed by atoms with E-state index in [9.17, 15) is 19.8 Å². The third-order valence-electron chi connectivity index (χ3n) is 4.67. The third-order valence-corrected chi connectivity index (χ3v) is 4.67. The molecule has 0 aromatic heterocycles. The van der Waals surface area contributed by atoms with Gasteiger partial charge in [0.2, 0.25) is 0 Å². The van der Waals surface area contributed by atoms with Gasteiger partial charge in [-0.2, -0.15) is 0 Å². The van der Waals surface area contributed by atoms with Crippen LogP contribution in [-0.2, 0) is 29.0 Å². The van der Waals surface area contributed by atoms with E-state index in [2.05, 4.69) is 5.32 Å². The Labute approximate surface area is 157 Å². The first kappa shape index (κ1) is 19.1. The molecule has 27 heavy (non-hydrogen) atoms. The Morgan fingerprint density at radius 1 is 1.07 bits per heavy atom. The fraction of sp³-hybridized carbons (Fsp3) is 0.333. The zero-order chi connectivity index (χ0) is 19.2. The van der Waals surface area contributed by atoms with Crippen LogP contribution in [0.4, 0.5) is 4.79 Å². The molecule has 6 heteroatoms. The molecule has 2 aromatic carbocycles. The third kappa shape index (κ3) is 5.15. The number of Topliss-reactive ketones (excluding diaryl/α,β-unsaturated/α-hetero) is 1. The Balaban J connectivity index is 1.49. The van der Waals surface area contributed by atoms with Crippen LogP contribution in [0, 0.1) is 0 Å². The van der Waals surface area contributed by atoms with E-state index in [1.807, 2.05) is 42.5 Å². The van der Waals surface area contributed by atoms with Crippen molar-refractivity contribution in [1.82, 2.24) is 5.32 Å². The summed E-state index contributed by atoms with van der Waals surface area (Å²) < 4.78 is 5.07. The number of hydrogen-bond acceptors (Lipinski definition) is 5. The molecule has 6 nitrogen and oxygen atoms in total. The summed E-state index contributed by atoms with van der Waals surface area (Å²) in [5.74, 6) is 0.217. The smallest absolute Gasteiger partial charge is 0.407 e. The van der Waals surface area contributed by atoms with Gasteiger partial charge in [0, 0.05) is 19.4 Å². The molecule has 0 heterocycles. The lowest BCUT2D eigenvalue weighted by molar-refractivity contribution is -0.118. The Kier molecular flexibility index (Phi) is 6.21. The Morgan fingerprint density at radius 3 is 2.63 bits per heavy atom. The van der Waals surface area contributed by atoms with Crippen molar-refractivity contribution < 1.29 is 24.5 Å². The summed E-state index contributed by atoms with van der Waals surface area (Å²) in [6, 6.07) is 14.6. The maximum Gasteiger partial charge on any atom is 0.407 e. The second-order valence-corrected chi connectivity index (χ2v) is 6.70. The molecule has 1 aliphatic rings. The molecule has 1 aliphatic carbocycles. The lowest BCUT2D eigenvalue weighted by Crippen LogP contribution is -2.35. The van der Waals surface area contributed by atoms with Gasteiger partial charge in [-0.1, -0.05) is 48.5 Å². The number of ketones is 1. The number of nitrogens with one attached hydrogen (secondary N) is 1. The minimum absolute atomic E-state index is 0.134. The molecule has 0 radical (unpaired) electrons. The highest BCUT2D eigenvalue weighted by Crippen LogP contribution is 2.25. The topological polar surface area (TPSA) is 95.9 Å². The molecule has 0 fully saturated rings. The Morgan fingerprint density at radius 2 is 1.85 bits per heavy atom. The molecule has 0 saturated carbocycles. The molecule has 3 rings (SSSR count). The van der Waals surface area contributed by atoms with Crippen molar-refractivity contribution in [3.8, 4) is 0 Å². The number of rotatable bonds is 6. The molecule has 2 atom stereocenters. The quantitative estimate of drug-likeness (QED) is 0.724. The van der Waals surface area contributed by atoms with Crippen LogP contribution >= 0.6 is 0 Å². The van der Waals surface area contributed by atoms with Crippen LogP contribution in [0.1, 0.15) is 34.8 Å². The number of aliphatic hydroxyl groups is 2. The van der Waals surface area contributed by atoms with Gasteiger partial charge in [0.25, 0.3) is 0 Å². The first-order chi connectivity index (χ1) is 13.0. The molecule has 0 saturated heterocycles. The number of carbonyl (C=O) groups is 2. The average molecular weight is 369 g/mol. The zero-order valence-corrected chi connectivity index (χ0v) is 14.9. The fourth-order valence-electron chi connectivity index (χ4n) is 3.11. The highest BCUT2D eigenvalue weighted by Gasteiger charge is 2.22. The summed E-state index contributed by atoms with van der Waals surface area (Å²) in [4.78, 5) is 23.2. The second-order valence-electron chi connectivity index (χ2n) is 6.70. The average Bonchev–Trinajstić information content (AvgIpc) is 2.70. The van der Waals surface area contributed by atoms with E-state index in [0.717, 1.165) is 16.7 Å². The van der Waals surface area contributed by atoms with Gasteiger partial charge in [0.05, 0.1) is 0 Å². The number of hydrogen-bond donors (Lipinski definition) is 3. The van der Waals surface area contributed by atoms with E-state index in [0.29, 0.717) is 24.8 Å². The van der Waals surface area contributed by atoms with Crippen LogP contribution in [-0.4, -0.2) is 34.7 Å². The number of alkyl carbamates (subject to hydrolysis) is 1. The van der Waals surface area contributed by atoms with E-state index >= 15 is 0 Å². The van der Waals surface area contributed by atoms with Gasteiger partial charge >= 0.3 is 6.09 Å². The molecule has 3 N–H and O–H groups in total. The van der Waals surface area contributed by atoms with Gasteiger partial charge in [-0.3, -0.25) is 4.79 Å². The molecule has 0 bridgehead atoms. The summed E-state index contributed by atoms with van der Waals surface area (Å²) in [5.41, 5.74) is 3.42.